The van der Waals surface area contributed by atoms with Crippen molar-refractivity contribution in [3.05, 3.63) is 95.1 Å². The maximum Gasteiger partial charge on any atom is 0.119 e. The zero-order valence-electron chi connectivity index (χ0n) is 18.5. The van der Waals surface area contributed by atoms with Gasteiger partial charge in [0.25, 0.3) is 0 Å². The molecular weight excluding hydrogens is 400 g/mol. The normalized spacial score (nSPS) is 19.2. The van der Waals surface area contributed by atoms with Gasteiger partial charge in [-0.2, -0.15) is 0 Å². The molecule has 3 aromatic carbocycles. The third-order valence-electron chi connectivity index (χ3n) is 6.67. The minimum atomic E-state index is -0.433. The van der Waals surface area contributed by atoms with Crippen molar-refractivity contribution in [3.63, 3.8) is 0 Å². The van der Waals surface area contributed by atoms with E-state index in [1.165, 1.54) is 22.3 Å². The molecule has 1 aliphatic carbocycles. The van der Waals surface area contributed by atoms with Crippen molar-refractivity contribution < 1.29 is 19.3 Å². The van der Waals surface area contributed by atoms with Crippen molar-refractivity contribution in [2.45, 2.75) is 43.8 Å². The predicted molar refractivity (Wildman–Crippen MR) is 125 cm³/mol. The van der Waals surface area contributed by atoms with Crippen LogP contribution >= 0.6 is 0 Å². The zero-order chi connectivity index (χ0) is 22.0. The van der Waals surface area contributed by atoms with Gasteiger partial charge in [0.1, 0.15) is 30.8 Å². The highest BCUT2D eigenvalue weighted by atomic mass is 16.6. The maximum absolute atomic E-state index is 9.79. The molecule has 1 saturated heterocycles. The molecular formula is C28H30O4. The number of ether oxygens (including phenoxy) is 3. The number of aliphatic hydroxyl groups excluding tert-OH is 1. The van der Waals surface area contributed by atoms with Crippen LogP contribution in [0, 0.1) is 0 Å². The molecule has 3 aromatic rings. The smallest absolute Gasteiger partial charge is 0.119 e. The Morgan fingerprint density at radius 2 is 1.41 bits per heavy atom. The number of fused-ring (bicyclic) bond motifs is 1. The van der Waals surface area contributed by atoms with Gasteiger partial charge in [-0.3, -0.25) is 0 Å². The van der Waals surface area contributed by atoms with E-state index in [0.29, 0.717) is 19.6 Å². The van der Waals surface area contributed by atoms with E-state index in [-0.39, 0.29) is 11.5 Å². The third-order valence-corrected chi connectivity index (χ3v) is 6.67. The van der Waals surface area contributed by atoms with Gasteiger partial charge >= 0.3 is 0 Å². The van der Waals surface area contributed by atoms with Gasteiger partial charge in [-0.15, -0.1) is 0 Å². The van der Waals surface area contributed by atoms with E-state index in [1.54, 1.807) is 0 Å². The molecule has 0 bridgehead atoms. The van der Waals surface area contributed by atoms with Crippen LogP contribution < -0.4 is 9.47 Å². The van der Waals surface area contributed by atoms with Crippen LogP contribution in [0.25, 0.3) is 0 Å². The second kappa shape index (κ2) is 8.97. The maximum atomic E-state index is 9.79. The predicted octanol–water partition coefficient (Wildman–Crippen LogP) is 4.70. The summed E-state index contributed by atoms with van der Waals surface area (Å²) in [6.45, 7) is 3.69. The first-order valence-corrected chi connectivity index (χ1v) is 11.5. The van der Waals surface area contributed by atoms with Gasteiger partial charge < -0.3 is 19.3 Å². The first-order chi connectivity index (χ1) is 15.7. The van der Waals surface area contributed by atoms with Crippen molar-refractivity contribution in [2.75, 3.05) is 19.8 Å². The number of benzene rings is 3. The summed E-state index contributed by atoms with van der Waals surface area (Å²) in [6.07, 6.45) is 2.44. The van der Waals surface area contributed by atoms with Crippen LogP contribution in [0.1, 0.15) is 35.6 Å². The summed E-state index contributed by atoms with van der Waals surface area (Å²) in [5.74, 6) is 1.67. The van der Waals surface area contributed by atoms with Gasteiger partial charge in [-0.25, -0.2) is 0 Å². The molecule has 1 N–H and O–H groups in total. The summed E-state index contributed by atoms with van der Waals surface area (Å²) in [4.78, 5) is 0. The van der Waals surface area contributed by atoms with Crippen LogP contribution in [0.4, 0.5) is 0 Å². The average Bonchev–Trinajstić information content (AvgIpc) is 3.59. The van der Waals surface area contributed by atoms with Crippen LogP contribution in [0.3, 0.4) is 0 Å². The van der Waals surface area contributed by atoms with E-state index >= 15 is 0 Å². The van der Waals surface area contributed by atoms with Crippen molar-refractivity contribution in [1.82, 2.24) is 0 Å². The van der Waals surface area contributed by atoms with E-state index in [1.807, 2.05) is 19.1 Å². The summed E-state index contributed by atoms with van der Waals surface area (Å²) < 4.78 is 16.9. The molecule has 2 aliphatic rings. The highest BCUT2D eigenvalue weighted by molar-refractivity contribution is 5.51. The minimum Gasteiger partial charge on any atom is -0.491 e. The average molecular weight is 431 g/mol. The monoisotopic (exact) mass is 430 g/mol. The van der Waals surface area contributed by atoms with Crippen LogP contribution in [0.5, 0.6) is 11.5 Å². The molecule has 1 heterocycles. The SMILES string of the molecule is CCC(O)COc1ccc(C2(c3ccc(OCC4CO4)cc3)Cc3ccccc3C2)cc1. The summed E-state index contributed by atoms with van der Waals surface area (Å²) in [6, 6.07) is 25.7. The molecule has 4 nitrogen and oxygen atoms in total. The Kier molecular flexibility index (Phi) is 5.90. The Labute approximate surface area is 189 Å². The van der Waals surface area contributed by atoms with Gasteiger partial charge in [-0.05, 0) is 65.8 Å². The largest absolute Gasteiger partial charge is 0.491 e. The zero-order valence-corrected chi connectivity index (χ0v) is 18.5. The fraction of sp³-hybridized carbons (Fsp3) is 0.357. The van der Waals surface area contributed by atoms with Gasteiger partial charge in [0.05, 0.1) is 12.7 Å². The number of hydrogen-bond acceptors (Lipinski definition) is 4. The Hall–Kier alpha value is -2.82. The van der Waals surface area contributed by atoms with Crippen molar-refractivity contribution in [3.8, 4) is 11.5 Å². The number of hydrogen-bond donors (Lipinski definition) is 1. The summed E-state index contributed by atoms with van der Waals surface area (Å²) in [5.41, 5.74) is 5.26. The fourth-order valence-electron chi connectivity index (χ4n) is 4.59. The van der Waals surface area contributed by atoms with Crippen LogP contribution in [0.2, 0.25) is 0 Å². The molecule has 1 aliphatic heterocycles. The molecule has 5 rings (SSSR count). The Balaban J connectivity index is 1.42. The molecule has 166 valence electrons. The molecule has 0 radical (unpaired) electrons. The molecule has 0 saturated carbocycles. The first kappa shape index (κ1) is 21.0. The molecule has 0 amide bonds. The first-order valence-electron chi connectivity index (χ1n) is 11.5. The number of rotatable bonds is 9. The Morgan fingerprint density at radius 3 is 1.91 bits per heavy atom. The molecule has 32 heavy (non-hydrogen) atoms. The van der Waals surface area contributed by atoms with Crippen LogP contribution in [0.15, 0.2) is 72.8 Å². The minimum absolute atomic E-state index is 0.122. The Bertz CT molecular complexity index is 1010. The number of aliphatic hydroxyl groups is 1. The van der Waals surface area contributed by atoms with Crippen molar-refractivity contribution >= 4 is 0 Å². The highest BCUT2D eigenvalue weighted by Gasteiger charge is 2.40. The summed E-state index contributed by atoms with van der Waals surface area (Å²) in [7, 11) is 0. The van der Waals surface area contributed by atoms with Gasteiger partial charge in [0, 0.05) is 5.41 Å². The standard InChI is InChI=1S/C28H30O4/c1-2-24(29)17-30-25-11-7-22(8-12-25)28(15-20-5-3-4-6-21(20)16-28)23-9-13-26(14-10-23)31-18-27-19-32-27/h3-14,24,27,29H,2,15-19H2,1H3. The third kappa shape index (κ3) is 4.38. The van der Waals surface area contributed by atoms with Gasteiger partial charge in [0.2, 0.25) is 0 Å². The lowest BCUT2D eigenvalue weighted by Crippen LogP contribution is -2.28. The highest BCUT2D eigenvalue weighted by Crippen LogP contribution is 2.45. The van der Waals surface area contributed by atoms with E-state index in [9.17, 15) is 5.11 Å². The fourth-order valence-corrected chi connectivity index (χ4v) is 4.59. The van der Waals surface area contributed by atoms with Crippen molar-refractivity contribution in [1.29, 1.82) is 0 Å². The van der Waals surface area contributed by atoms with Crippen LogP contribution in [-0.4, -0.2) is 37.1 Å². The molecule has 2 atom stereocenters. The van der Waals surface area contributed by atoms with Crippen LogP contribution in [-0.2, 0) is 23.0 Å². The molecule has 1 fully saturated rings. The lowest BCUT2D eigenvalue weighted by molar-refractivity contribution is 0.104. The van der Waals surface area contributed by atoms with Gasteiger partial charge in [-0.1, -0.05) is 55.5 Å². The number of epoxide rings is 1. The van der Waals surface area contributed by atoms with Crippen molar-refractivity contribution in [2.24, 2.45) is 0 Å². The topological polar surface area (TPSA) is 51.2 Å². The lowest BCUT2D eigenvalue weighted by atomic mass is 9.72. The Morgan fingerprint density at radius 1 is 0.875 bits per heavy atom. The van der Waals surface area contributed by atoms with E-state index < -0.39 is 6.10 Å². The van der Waals surface area contributed by atoms with Gasteiger partial charge in [0.15, 0.2) is 0 Å². The molecule has 0 aromatic heterocycles. The quantitative estimate of drug-likeness (QED) is 0.500. The molecule has 4 heteroatoms. The molecule has 0 spiro atoms. The second-order valence-electron chi connectivity index (χ2n) is 8.89. The summed E-state index contributed by atoms with van der Waals surface area (Å²) >= 11 is 0. The summed E-state index contributed by atoms with van der Waals surface area (Å²) in [5, 5.41) is 9.79. The van der Waals surface area contributed by atoms with E-state index in [4.69, 9.17) is 14.2 Å². The second-order valence-corrected chi connectivity index (χ2v) is 8.89. The lowest BCUT2D eigenvalue weighted by Gasteiger charge is -2.31. The van der Waals surface area contributed by atoms with E-state index in [2.05, 4.69) is 60.7 Å². The van der Waals surface area contributed by atoms with E-state index in [0.717, 1.165) is 30.9 Å². The molecule has 2 unspecified atom stereocenters.